The molecule has 1 heterocycles. The quantitative estimate of drug-likeness (QED) is 0.346. The number of allylic oxidation sites excluding steroid dienone is 2. The Kier molecular flexibility index (Phi) is 5.63. The highest BCUT2D eigenvalue weighted by molar-refractivity contribution is 7.81. The van der Waals surface area contributed by atoms with Gasteiger partial charge in [0, 0.05) is 0 Å². The molecule has 30 heavy (non-hydrogen) atoms. The standard InChI is InChI=1S/C25H18N2O2S/c28-23-22(18-10-13-19-11-4-1-5-12-19)24(29)27(21-16-8-3-9-17-21)25(30)26(23)20-14-6-2-7-15-20/h1-18H/b13-10+. The van der Waals surface area contributed by atoms with Crippen LogP contribution >= 0.6 is 12.2 Å². The minimum Gasteiger partial charge on any atom is -0.268 e. The highest BCUT2D eigenvalue weighted by Crippen LogP contribution is 2.28. The molecular weight excluding hydrogens is 392 g/mol. The molecule has 146 valence electrons. The lowest BCUT2D eigenvalue weighted by Crippen LogP contribution is -2.57. The Hall–Kier alpha value is -3.83. The lowest BCUT2D eigenvalue weighted by molar-refractivity contribution is -0.120. The van der Waals surface area contributed by atoms with E-state index in [1.54, 1.807) is 36.4 Å². The SMILES string of the molecule is O=C1C(=C/C=C/c2ccccc2)C(=O)N(c2ccccc2)C(=S)N1c1ccccc1. The number of benzene rings is 3. The summed E-state index contributed by atoms with van der Waals surface area (Å²) in [6.07, 6.45) is 5.10. The molecule has 0 N–H and O–H groups in total. The summed E-state index contributed by atoms with van der Waals surface area (Å²) in [5, 5.41) is 0.131. The average Bonchev–Trinajstić information content (AvgIpc) is 2.78. The van der Waals surface area contributed by atoms with Gasteiger partial charge in [-0.1, -0.05) is 78.9 Å². The van der Waals surface area contributed by atoms with E-state index >= 15 is 0 Å². The van der Waals surface area contributed by atoms with Crippen LogP contribution in [0.1, 0.15) is 5.56 Å². The highest BCUT2D eigenvalue weighted by Gasteiger charge is 2.40. The van der Waals surface area contributed by atoms with Crippen molar-refractivity contribution in [2.24, 2.45) is 0 Å². The van der Waals surface area contributed by atoms with E-state index in [1.165, 1.54) is 9.80 Å². The summed E-state index contributed by atoms with van der Waals surface area (Å²) >= 11 is 5.57. The summed E-state index contributed by atoms with van der Waals surface area (Å²) in [6, 6.07) is 27.9. The topological polar surface area (TPSA) is 40.6 Å². The van der Waals surface area contributed by atoms with Crippen LogP contribution in [0.15, 0.2) is 109 Å². The van der Waals surface area contributed by atoms with Crippen molar-refractivity contribution >= 4 is 46.6 Å². The highest BCUT2D eigenvalue weighted by atomic mass is 32.1. The fourth-order valence-electron chi connectivity index (χ4n) is 3.18. The Morgan fingerprint density at radius 3 is 1.53 bits per heavy atom. The maximum atomic E-state index is 13.3. The first-order valence-electron chi connectivity index (χ1n) is 9.43. The van der Waals surface area contributed by atoms with E-state index in [-0.39, 0.29) is 10.7 Å². The summed E-state index contributed by atoms with van der Waals surface area (Å²) in [4.78, 5) is 29.3. The first-order valence-corrected chi connectivity index (χ1v) is 9.84. The van der Waals surface area contributed by atoms with Gasteiger partial charge >= 0.3 is 0 Å². The van der Waals surface area contributed by atoms with Crippen LogP contribution in [0.5, 0.6) is 0 Å². The van der Waals surface area contributed by atoms with Crippen LogP contribution in [0, 0.1) is 0 Å². The Morgan fingerprint density at radius 1 is 0.633 bits per heavy atom. The van der Waals surface area contributed by atoms with Crippen molar-refractivity contribution in [2.45, 2.75) is 0 Å². The van der Waals surface area contributed by atoms with Crippen LogP contribution < -0.4 is 9.80 Å². The fraction of sp³-hybridized carbons (Fsp3) is 0. The minimum absolute atomic E-state index is 0.0449. The van der Waals surface area contributed by atoms with Gasteiger partial charge in [0.15, 0.2) is 5.11 Å². The summed E-state index contributed by atoms with van der Waals surface area (Å²) in [5.41, 5.74) is 2.24. The van der Waals surface area contributed by atoms with Crippen molar-refractivity contribution in [3.63, 3.8) is 0 Å². The van der Waals surface area contributed by atoms with Gasteiger partial charge in [0.1, 0.15) is 5.57 Å². The van der Waals surface area contributed by atoms with Crippen LogP contribution in [0.25, 0.3) is 6.08 Å². The molecular formula is C25H18N2O2S. The molecule has 4 rings (SSSR count). The second-order valence-electron chi connectivity index (χ2n) is 6.58. The molecule has 5 heteroatoms. The third kappa shape index (κ3) is 3.83. The molecule has 0 spiro atoms. The predicted molar refractivity (Wildman–Crippen MR) is 124 cm³/mol. The monoisotopic (exact) mass is 410 g/mol. The van der Waals surface area contributed by atoms with Crippen molar-refractivity contribution in [1.29, 1.82) is 0 Å². The summed E-state index contributed by atoms with van der Waals surface area (Å²) in [7, 11) is 0. The van der Waals surface area contributed by atoms with Crippen molar-refractivity contribution < 1.29 is 9.59 Å². The molecule has 0 aliphatic carbocycles. The minimum atomic E-state index is -0.443. The number of hydrogen-bond acceptors (Lipinski definition) is 3. The molecule has 1 fully saturated rings. The Bertz CT molecular complexity index is 1080. The Morgan fingerprint density at radius 2 is 1.07 bits per heavy atom. The smallest absolute Gasteiger partial charge is 0.268 e. The second-order valence-corrected chi connectivity index (χ2v) is 6.95. The van der Waals surface area contributed by atoms with E-state index < -0.39 is 11.8 Å². The summed E-state index contributed by atoms with van der Waals surface area (Å²) < 4.78 is 0. The first-order chi connectivity index (χ1) is 14.7. The summed E-state index contributed by atoms with van der Waals surface area (Å²) in [6.45, 7) is 0. The van der Waals surface area contributed by atoms with E-state index in [4.69, 9.17) is 12.2 Å². The molecule has 1 saturated heterocycles. The lowest BCUT2D eigenvalue weighted by atomic mass is 10.1. The molecule has 0 bridgehead atoms. The van der Waals surface area contributed by atoms with Gasteiger partial charge in [0.2, 0.25) is 0 Å². The van der Waals surface area contributed by atoms with Crippen LogP contribution in [0.2, 0.25) is 0 Å². The fourth-order valence-corrected chi connectivity index (χ4v) is 3.55. The number of amides is 2. The van der Waals surface area contributed by atoms with Crippen LogP contribution in [-0.2, 0) is 9.59 Å². The third-order valence-corrected chi connectivity index (χ3v) is 4.99. The van der Waals surface area contributed by atoms with Gasteiger partial charge in [-0.15, -0.1) is 0 Å². The molecule has 1 aliphatic rings. The van der Waals surface area contributed by atoms with Gasteiger partial charge in [-0.05, 0) is 48.1 Å². The molecule has 0 radical (unpaired) electrons. The predicted octanol–water partition coefficient (Wildman–Crippen LogP) is 4.99. The molecule has 3 aromatic rings. The Balaban J connectivity index is 1.77. The first kappa shape index (κ1) is 19.5. The van der Waals surface area contributed by atoms with Crippen LogP contribution in [-0.4, -0.2) is 16.9 Å². The molecule has 0 atom stereocenters. The maximum absolute atomic E-state index is 13.3. The van der Waals surface area contributed by atoms with Gasteiger partial charge < -0.3 is 0 Å². The van der Waals surface area contributed by atoms with Gasteiger partial charge in [-0.25, -0.2) is 0 Å². The number of nitrogens with zero attached hydrogens (tertiary/aromatic N) is 2. The normalized spacial score (nSPS) is 14.5. The van der Waals surface area contributed by atoms with E-state index in [2.05, 4.69) is 0 Å². The van der Waals surface area contributed by atoms with E-state index in [9.17, 15) is 9.59 Å². The van der Waals surface area contributed by atoms with Crippen molar-refractivity contribution in [3.8, 4) is 0 Å². The van der Waals surface area contributed by atoms with Gasteiger partial charge in [0.25, 0.3) is 11.8 Å². The molecule has 0 saturated carbocycles. The zero-order valence-corrected chi connectivity index (χ0v) is 16.8. The number of rotatable bonds is 4. The molecule has 3 aromatic carbocycles. The number of hydrogen-bond donors (Lipinski definition) is 0. The van der Waals surface area contributed by atoms with E-state index in [0.717, 1.165) is 5.56 Å². The zero-order valence-electron chi connectivity index (χ0n) is 16.0. The van der Waals surface area contributed by atoms with Crippen molar-refractivity contribution in [2.75, 3.05) is 9.80 Å². The number of carbonyl (C=O) groups is 2. The van der Waals surface area contributed by atoms with E-state index in [1.807, 2.05) is 72.8 Å². The number of para-hydroxylation sites is 2. The van der Waals surface area contributed by atoms with E-state index in [0.29, 0.717) is 11.4 Å². The average molecular weight is 410 g/mol. The maximum Gasteiger partial charge on any atom is 0.270 e. The van der Waals surface area contributed by atoms with Crippen LogP contribution in [0.3, 0.4) is 0 Å². The number of carbonyl (C=O) groups excluding carboxylic acids is 2. The zero-order chi connectivity index (χ0) is 20.9. The summed E-state index contributed by atoms with van der Waals surface area (Å²) in [5.74, 6) is -0.887. The molecule has 2 amide bonds. The van der Waals surface area contributed by atoms with Crippen LogP contribution in [0.4, 0.5) is 11.4 Å². The number of anilines is 2. The molecule has 4 nitrogen and oxygen atoms in total. The van der Waals surface area contributed by atoms with Gasteiger partial charge in [0.05, 0.1) is 11.4 Å². The number of thiocarbonyl (C=S) groups is 1. The largest absolute Gasteiger partial charge is 0.270 e. The van der Waals surface area contributed by atoms with Crippen molar-refractivity contribution in [3.05, 3.63) is 114 Å². The van der Waals surface area contributed by atoms with Crippen molar-refractivity contribution in [1.82, 2.24) is 0 Å². The molecule has 0 unspecified atom stereocenters. The van der Waals surface area contributed by atoms with Gasteiger partial charge in [-0.3, -0.25) is 19.4 Å². The lowest BCUT2D eigenvalue weighted by Gasteiger charge is -2.36. The molecule has 0 aromatic heterocycles. The second kappa shape index (κ2) is 8.68. The Labute approximate surface area is 180 Å². The van der Waals surface area contributed by atoms with Gasteiger partial charge in [-0.2, -0.15) is 0 Å². The molecule has 1 aliphatic heterocycles. The third-order valence-electron chi connectivity index (χ3n) is 4.63.